The van der Waals surface area contributed by atoms with E-state index in [1.165, 1.54) is 18.0 Å². The first kappa shape index (κ1) is 20.4. The molecule has 2 N–H and O–H groups in total. The van der Waals surface area contributed by atoms with Gasteiger partial charge in [-0.1, -0.05) is 37.9 Å². The quantitative estimate of drug-likeness (QED) is 0.545. The summed E-state index contributed by atoms with van der Waals surface area (Å²) in [7, 11) is 1.34. The topological polar surface area (TPSA) is 126 Å². The third-order valence-corrected chi connectivity index (χ3v) is 5.83. The van der Waals surface area contributed by atoms with Crippen LogP contribution in [0.25, 0.3) is 0 Å². The van der Waals surface area contributed by atoms with E-state index in [9.17, 15) is 14.4 Å². The van der Waals surface area contributed by atoms with Gasteiger partial charge in [-0.2, -0.15) is 0 Å². The second-order valence-electron chi connectivity index (χ2n) is 7.01. The minimum atomic E-state index is -0.686. The van der Waals surface area contributed by atoms with E-state index in [-0.39, 0.29) is 23.1 Å². The molecule has 1 aliphatic rings. The molecular weight excluding hydrogens is 382 g/mol. The van der Waals surface area contributed by atoms with Gasteiger partial charge in [0.25, 0.3) is 10.8 Å². The Morgan fingerprint density at radius 1 is 1.25 bits per heavy atom. The van der Waals surface area contributed by atoms with Gasteiger partial charge in [0.05, 0.1) is 5.75 Å². The molecule has 0 aliphatic heterocycles. The van der Waals surface area contributed by atoms with Gasteiger partial charge in [-0.3, -0.25) is 18.7 Å². The van der Waals surface area contributed by atoms with Crippen molar-refractivity contribution in [2.75, 3.05) is 11.5 Å². The highest BCUT2D eigenvalue weighted by Gasteiger charge is 2.24. The Balaban J connectivity index is 1.76. The molecule has 2 aromatic heterocycles. The van der Waals surface area contributed by atoms with Crippen LogP contribution in [0.15, 0.2) is 19.2 Å². The van der Waals surface area contributed by atoms with Crippen molar-refractivity contribution >= 4 is 23.4 Å². The minimum absolute atomic E-state index is 0.0733. The number of aromatic nitrogens is 4. The molecule has 2 heterocycles. The third-order valence-electron chi connectivity index (χ3n) is 5.01. The fourth-order valence-corrected chi connectivity index (χ4v) is 4.12. The van der Waals surface area contributed by atoms with Crippen molar-refractivity contribution in [2.24, 2.45) is 7.05 Å². The molecule has 0 radical (unpaired) electrons. The predicted molar refractivity (Wildman–Crippen MR) is 106 cm³/mol. The summed E-state index contributed by atoms with van der Waals surface area (Å²) >= 11 is 1.07. The van der Waals surface area contributed by atoms with Crippen molar-refractivity contribution in [3.8, 4) is 0 Å². The van der Waals surface area contributed by atoms with E-state index < -0.39 is 17.0 Å². The molecule has 28 heavy (non-hydrogen) atoms. The van der Waals surface area contributed by atoms with Crippen LogP contribution < -0.4 is 17.0 Å². The summed E-state index contributed by atoms with van der Waals surface area (Å²) in [5.41, 5.74) is 4.60. The van der Waals surface area contributed by atoms with Crippen LogP contribution in [0, 0.1) is 0 Å². The van der Waals surface area contributed by atoms with Gasteiger partial charge in [0.1, 0.15) is 11.4 Å². The van der Waals surface area contributed by atoms with Crippen LogP contribution in [-0.4, -0.2) is 30.9 Å². The zero-order valence-corrected chi connectivity index (χ0v) is 17.0. The molecule has 0 unspecified atom stereocenters. The molecule has 9 nitrogen and oxygen atoms in total. The van der Waals surface area contributed by atoms with Crippen molar-refractivity contribution in [3.63, 3.8) is 0 Å². The molecule has 1 aliphatic carbocycles. The van der Waals surface area contributed by atoms with Crippen molar-refractivity contribution in [3.05, 3.63) is 32.3 Å². The smallest absolute Gasteiger partial charge is 0.332 e. The van der Waals surface area contributed by atoms with Gasteiger partial charge in [-0.15, -0.1) is 10.2 Å². The largest absolute Gasteiger partial charge is 0.416 e. The average Bonchev–Trinajstić information content (AvgIpc) is 3.18. The van der Waals surface area contributed by atoms with E-state index >= 15 is 0 Å². The molecular formula is C18H25N5O4S. The summed E-state index contributed by atoms with van der Waals surface area (Å²) in [4.78, 5) is 37.3. The van der Waals surface area contributed by atoms with Gasteiger partial charge in [0.15, 0.2) is 5.78 Å². The number of hydrogen-bond donors (Lipinski definition) is 1. The highest BCUT2D eigenvalue weighted by atomic mass is 32.2. The molecule has 0 bridgehead atoms. The van der Waals surface area contributed by atoms with Gasteiger partial charge < -0.3 is 10.2 Å². The van der Waals surface area contributed by atoms with E-state index in [0.29, 0.717) is 24.1 Å². The summed E-state index contributed by atoms with van der Waals surface area (Å²) in [6.45, 7) is 2.22. The van der Waals surface area contributed by atoms with Crippen molar-refractivity contribution in [1.29, 1.82) is 0 Å². The summed E-state index contributed by atoms with van der Waals surface area (Å²) in [6.07, 6.45) is 6.27. The number of thioether (sulfide) groups is 1. The number of nitrogen functional groups attached to an aromatic ring is 1. The van der Waals surface area contributed by atoms with E-state index in [4.69, 9.17) is 10.2 Å². The predicted octanol–water partition coefficient (Wildman–Crippen LogP) is 1.94. The first-order chi connectivity index (χ1) is 13.4. The summed E-state index contributed by atoms with van der Waals surface area (Å²) in [6, 6.07) is 0. The Morgan fingerprint density at radius 3 is 2.64 bits per heavy atom. The third kappa shape index (κ3) is 4.06. The number of anilines is 1. The minimum Gasteiger partial charge on any atom is -0.416 e. The van der Waals surface area contributed by atoms with Gasteiger partial charge in [-0.25, -0.2) is 4.79 Å². The number of nitrogens with zero attached hydrogens (tertiary/aromatic N) is 4. The van der Waals surface area contributed by atoms with Gasteiger partial charge in [-0.05, 0) is 19.3 Å². The lowest BCUT2D eigenvalue weighted by atomic mass is 9.89. The van der Waals surface area contributed by atoms with E-state index in [0.717, 1.165) is 42.0 Å². The SMILES string of the molecule is CCCn1c(N)c(C(=O)CSc2nnc(C3CCCCC3)o2)c(=O)n(C)c1=O. The zero-order valence-electron chi connectivity index (χ0n) is 16.1. The molecule has 0 spiro atoms. The molecule has 3 rings (SSSR count). The molecule has 0 amide bonds. The number of ketones is 1. The van der Waals surface area contributed by atoms with Crippen LogP contribution in [0.4, 0.5) is 5.82 Å². The van der Waals surface area contributed by atoms with Crippen molar-refractivity contribution < 1.29 is 9.21 Å². The average molecular weight is 407 g/mol. The highest BCUT2D eigenvalue weighted by Crippen LogP contribution is 2.33. The first-order valence-corrected chi connectivity index (χ1v) is 10.5. The Bertz CT molecular complexity index is 971. The van der Waals surface area contributed by atoms with Crippen LogP contribution in [-0.2, 0) is 13.6 Å². The summed E-state index contributed by atoms with van der Waals surface area (Å²) in [5, 5.41) is 8.41. The van der Waals surface area contributed by atoms with Gasteiger partial charge in [0, 0.05) is 19.5 Å². The number of Topliss-reactive ketones (excluding diaryl/α,β-unsaturated/α-hetero) is 1. The lowest BCUT2D eigenvalue weighted by molar-refractivity contribution is 0.102. The maximum atomic E-state index is 12.7. The van der Waals surface area contributed by atoms with E-state index in [2.05, 4.69) is 10.2 Å². The molecule has 10 heteroatoms. The van der Waals surface area contributed by atoms with Crippen molar-refractivity contribution in [2.45, 2.75) is 63.1 Å². The van der Waals surface area contributed by atoms with Crippen molar-refractivity contribution in [1.82, 2.24) is 19.3 Å². The van der Waals surface area contributed by atoms with Crippen LogP contribution in [0.2, 0.25) is 0 Å². The Kier molecular flexibility index (Phi) is 6.38. The fraction of sp³-hybridized carbons (Fsp3) is 0.611. The number of carbonyl (C=O) groups is 1. The molecule has 0 atom stereocenters. The van der Waals surface area contributed by atoms with Crippen LogP contribution >= 0.6 is 11.8 Å². The number of rotatable bonds is 7. The lowest BCUT2D eigenvalue weighted by Gasteiger charge is -2.17. The second-order valence-corrected chi connectivity index (χ2v) is 7.94. The molecule has 152 valence electrons. The van der Waals surface area contributed by atoms with Gasteiger partial charge >= 0.3 is 5.69 Å². The monoisotopic (exact) mass is 407 g/mol. The van der Waals surface area contributed by atoms with Crippen LogP contribution in [0.3, 0.4) is 0 Å². The zero-order chi connectivity index (χ0) is 20.3. The maximum absolute atomic E-state index is 12.7. The van der Waals surface area contributed by atoms with Crippen LogP contribution in [0.1, 0.15) is 67.6 Å². The molecule has 1 fully saturated rings. The maximum Gasteiger partial charge on any atom is 0.332 e. The normalized spacial score (nSPS) is 15.1. The Labute approximate surface area is 166 Å². The lowest BCUT2D eigenvalue weighted by Crippen LogP contribution is -2.42. The number of carbonyl (C=O) groups excluding carboxylic acids is 1. The summed E-state index contributed by atoms with van der Waals surface area (Å²) in [5.74, 6) is 0.267. The Morgan fingerprint density at radius 2 is 1.96 bits per heavy atom. The molecule has 1 saturated carbocycles. The number of hydrogen-bond acceptors (Lipinski definition) is 8. The molecule has 0 aromatic carbocycles. The fourth-order valence-electron chi connectivity index (χ4n) is 3.48. The number of nitrogens with two attached hydrogens (primary N) is 1. The second kappa shape index (κ2) is 8.76. The standard InChI is InChI=1S/C18H25N5O4S/c1-3-9-23-14(19)13(16(25)22(2)18(23)26)12(24)10-28-17-21-20-15(27-17)11-7-5-4-6-8-11/h11H,3-10,19H2,1-2H3. The molecule has 2 aromatic rings. The molecule has 0 saturated heterocycles. The van der Waals surface area contributed by atoms with E-state index in [1.54, 1.807) is 0 Å². The Hall–Kier alpha value is -2.36. The van der Waals surface area contributed by atoms with E-state index in [1.807, 2.05) is 6.92 Å². The first-order valence-electron chi connectivity index (χ1n) is 9.52. The highest BCUT2D eigenvalue weighted by molar-refractivity contribution is 7.99. The van der Waals surface area contributed by atoms with Crippen LogP contribution in [0.5, 0.6) is 0 Å². The van der Waals surface area contributed by atoms with Gasteiger partial charge in [0.2, 0.25) is 5.89 Å². The summed E-state index contributed by atoms with van der Waals surface area (Å²) < 4.78 is 7.87.